The molecular weight excluding hydrogens is 312 g/mol. The minimum Gasteiger partial charge on any atom is -0.355 e. The number of hydrogen-bond donors (Lipinski definition) is 2. The van der Waals surface area contributed by atoms with Crippen molar-refractivity contribution in [2.75, 3.05) is 6.54 Å². The minimum atomic E-state index is -0.290. The molecule has 2 rings (SSSR count). The van der Waals surface area contributed by atoms with Crippen LogP contribution in [-0.4, -0.2) is 22.2 Å². The molecule has 0 bridgehead atoms. The molecule has 2 aromatic rings. The molecule has 0 aliphatic rings. The Hall–Kier alpha value is -1.85. The van der Waals surface area contributed by atoms with Crippen LogP contribution in [-0.2, 0) is 18.3 Å². The molecule has 0 radical (unpaired) electrons. The summed E-state index contributed by atoms with van der Waals surface area (Å²) in [6.07, 6.45) is 2.62. The Morgan fingerprint density at radius 2 is 2.00 bits per heavy atom. The molecule has 1 aromatic heterocycles. The molecule has 2 unspecified atom stereocenters. The number of halogens is 1. The van der Waals surface area contributed by atoms with E-state index in [0.29, 0.717) is 6.54 Å². The largest absolute Gasteiger partial charge is 0.355 e. The summed E-state index contributed by atoms with van der Waals surface area (Å²) in [5.41, 5.74) is 9.44. The SMILES string of the molecule is Cc1c(CCNC(=O)C(C)C(N)c2ccccc2)cnn1C.Cl. The van der Waals surface area contributed by atoms with Gasteiger partial charge in [0.1, 0.15) is 0 Å². The van der Waals surface area contributed by atoms with E-state index in [1.54, 1.807) is 0 Å². The molecule has 2 atom stereocenters. The number of nitrogens with one attached hydrogen (secondary N) is 1. The summed E-state index contributed by atoms with van der Waals surface area (Å²) in [6.45, 7) is 4.48. The fourth-order valence-electron chi connectivity index (χ4n) is 2.40. The number of amides is 1. The molecular formula is C17H25ClN4O. The Morgan fingerprint density at radius 3 is 2.57 bits per heavy atom. The van der Waals surface area contributed by atoms with Crippen molar-refractivity contribution in [2.45, 2.75) is 26.3 Å². The molecule has 1 aromatic carbocycles. The van der Waals surface area contributed by atoms with Crippen LogP contribution in [0.25, 0.3) is 0 Å². The third kappa shape index (κ3) is 4.81. The van der Waals surface area contributed by atoms with E-state index >= 15 is 0 Å². The van der Waals surface area contributed by atoms with E-state index in [1.807, 2.05) is 62.1 Å². The monoisotopic (exact) mass is 336 g/mol. The van der Waals surface area contributed by atoms with Crippen LogP contribution in [0.5, 0.6) is 0 Å². The molecule has 0 aliphatic heterocycles. The molecule has 1 amide bonds. The first-order chi connectivity index (χ1) is 10.5. The van der Waals surface area contributed by atoms with Crippen LogP contribution in [0.15, 0.2) is 36.5 Å². The van der Waals surface area contributed by atoms with E-state index in [-0.39, 0.29) is 30.3 Å². The summed E-state index contributed by atoms with van der Waals surface area (Å²) in [6, 6.07) is 9.43. The van der Waals surface area contributed by atoms with Crippen LogP contribution in [0, 0.1) is 12.8 Å². The molecule has 0 spiro atoms. The third-order valence-electron chi connectivity index (χ3n) is 4.17. The van der Waals surface area contributed by atoms with Crippen LogP contribution in [0.4, 0.5) is 0 Å². The predicted octanol–water partition coefficient (Wildman–Crippen LogP) is 2.15. The second kappa shape index (κ2) is 8.70. The van der Waals surface area contributed by atoms with Gasteiger partial charge < -0.3 is 11.1 Å². The molecule has 6 heteroatoms. The van der Waals surface area contributed by atoms with Crippen LogP contribution in [0.1, 0.15) is 29.8 Å². The van der Waals surface area contributed by atoms with Crippen molar-refractivity contribution in [3.8, 4) is 0 Å². The lowest BCUT2D eigenvalue weighted by Crippen LogP contribution is -2.36. The van der Waals surface area contributed by atoms with Gasteiger partial charge in [-0.1, -0.05) is 37.3 Å². The van der Waals surface area contributed by atoms with E-state index in [0.717, 1.165) is 23.2 Å². The van der Waals surface area contributed by atoms with E-state index in [2.05, 4.69) is 10.4 Å². The summed E-state index contributed by atoms with van der Waals surface area (Å²) in [5.74, 6) is -0.282. The van der Waals surface area contributed by atoms with Gasteiger partial charge >= 0.3 is 0 Å². The van der Waals surface area contributed by atoms with Gasteiger partial charge in [0.15, 0.2) is 0 Å². The lowest BCUT2D eigenvalue weighted by atomic mass is 9.94. The van der Waals surface area contributed by atoms with Gasteiger partial charge in [-0.2, -0.15) is 5.10 Å². The fraction of sp³-hybridized carbons (Fsp3) is 0.412. The number of aryl methyl sites for hydroxylation is 1. The molecule has 0 saturated carbocycles. The molecule has 0 aliphatic carbocycles. The Bertz CT molecular complexity index is 627. The number of nitrogens with two attached hydrogens (primary N) is 1. The Balaban J connectivity index is 0.00000264. The fourth-order valence-corrected chi connectivity index (χ4v) is 2.40. The Labute approximate surface area is 143 Å². The van der Waals surface area contributed by atoms with Gasteiger partial charge in [0, 0.05) is 25.3 Å². The van der Waals surface area contributed by atoms with Crippen molar-refractivity contribution in [1.29, 1.82) is 0 Å². The van der Waals surface area contributed by atoms with Crippen LogP contribution in [0.3, 0.4) is 0 Å². The van der Waals surface area contributed by atoms with Gasteiger partial charge in [-0.05, 0) is 24.5 Å². The molecule has 126 valence electrons. The normalized spacial score (nSPS) is 13.0. The average molecular weight is 337 g/mol. The lowest BCUT2D eigenvalue weighted by Gasteiger charge is -2.19. The maximum Gasteiger partial charge on any atom is 0.224 e. The maximum absolute atomic E-state index is 12.2. The average Bonchev–Trinajstić information content (AvgIpc) is 2.86. The standard InChI is InChI=1S/C17H24N4O.ClH/c1-12(16(18)14-7-5-4-6-8-14)17(22)19-10-9-15-11-20-21(3)13(15)2;/h4-8,11-12,16H,9-10,18H2,1-3H3,(H,19,22);1H. The second-order valence-electron chi connectivity index (χ2n) is 5.64. The summed E-state index contributed by atoms with van der Waals surface area (Å²) in [7, 11) is 1.92. The van der Waals surface area contributed by atoms with Gasteiger partial charge in [0.25, 0.3) is 0 Å². The van der Waals surface area contributed by atoms with E-state index in [1.165, 1.54) is 0 Å². The van der Waals surface area contributed by atoms with E-state index in [9.17, 15) is 4.79 Å². The number of carbonyl (C=O) groups is 1. The number of nitrogens with zero attached hydrogens (tertiary/aromatic N) is 2. The number of carbonyl (C=O) groups excluding carboxylic acids is 1. The molecule has 0 fully saturated rings. The predicted molar refractivity (Wildman–Crippen MR) is 94.4 cm³/mol. The van der Waals surface area contributed by atoms with Crippen LogP contribution >= 0.6 is 12.4 Å². The Morgan fingerprint density at radius 1 is 1.35 bits per heavy atom. The topological polar surface area (TPSA) is 72.9 Å². The van der Waals surface area contributed by atoms with Gasteiger partial charge in [-0.15, -0.1) is 12.4 Å². The van der Waals surface area contributed by atoms with Crippen LogP contribution < -0.4 is 11.1 Å². The second-order valence-corrected chi connectivity index (χ2v) is 5.64. The van der Waals surface area contributed by atoms with Crippen molar-refractivity contribution >= 4 is 18.3 Å². The van der Waals surface area contributed by atoms with E-state index < -0.39 is 0 Å². The smallest absolute Gasteiger partial charge is 0.224 e. The van der Waals surface area contributed by atoms with Gasteiger partial charge in [0.05, 0.1) is 12.1 Å². The van der Waals surface area contributed by atoms with Crippen LogP contribution in [0.2, 0.25) is 0 Å². The lowest BCUT2D eigenvalue weighted by molar-refractivity contribution is -0.125. The van der Waals surface area contributed by atoms with E-state index in [4.69, 9.17) is 5.73 Å². The minimum absolute atomic E-state index is 0. The zero-order valence-corrected chi connectivity index (χ0v) is 14.6. The first-order valence-corrected chi connectivity index (χ1v) is 7.56. The molecule has 5 nitrogen and oxygen atoms in total. The highest BCUT2D eigenvalue weighted by molar-refractivity contribution is 5.85. The first-order valence-electron chi connectivity index (χ1n) is 7.56. The summed E-state index contributed by atoms with van der Waals surface area (Å²) in [5, 5.41) is 7.16. The summed E-state index contributed by atoms with van der Waals surface area (Å²) in [4.78, 5) is 12.2. The molecule has 3 N–H and O–H groups in total. The highest BCUT2D eigenvalue weighted by Crippen LogP contribution is 2.19. The number of rotatable bonds is 6. The third-order valence-corrected chi connectivity index (χ3v) is 4.17. The maximum atomic E-state index is 12.2. The van der Waals surface area contributed by atoms with Gasteiger partial charge in [0.2, 0.25) is 5.91 Å². The van der Waals surface area contributed by atoms with Crippen molar-refractivity contribution in [2.24, 2.45) is 18.7 Å². The molecule has 1 heterocycles. The highest BCUT2D eigenvalue weighted by Gasteiger charge is 2.21. The number of aromatic nitrogens is 2. The summed E-state index contributed by atoms with van der Waals surface area (Å²) >= 11 is 0. The molecule has 23 heavy (non-hydrogen) atoms. The quantitative estimate of drug-likeness (QED) is 0.849. The van der Waals surface area contributed by atoms with Crippen molar-refractivity contribution < 1.29 is 4.79 Å². The van der Waals surface area contributed by atoms with Crippen molar-refractivity contribution in [3.05, 3.63) is 53.3 Å². The Kier molecular flexibility index (Phi) is 7.26. The number of hydrogen-bond acceptors (Lipinski definition) is 3. The van der Waals surface area contributed by atoms with Crippen molar-refractivity contribution in [3.63, 3.8) is 0 Å². The zero-order valence-electron chi connectivity index (χ0n) is 13.8. The summed E-state index contributed by atoms with van der Waals surface area (Å²) < 4.78 is 1.84. The number of benzene rings is 1. The molecule has 0 saturated heterocycles. The van der Waals surface area contributed by atoms with Gasteiger partial charge in [-0.25, -0.2) is 0 Å². The van der Waals surface area contributed by atoms with Gasteiger partial charge in [-0.3, -0.25) is 9.48 Å². The highest BCUT2D eigenvalue weighted by atomic mass is 35.5. The van der Waals surface area contributed by atoms with Crippen molar-refractivity contribution in [1.82, 2.24) is 15.1 Å². The zero-order chi connectivity index (χ0) is 16.1. The first kappa shape index (κ1) is 19.2.